The van der Waals surface area contributed by atoms with Crippen molar-refractivity contribution in [1.82, 2.24) is 0 Å². The van der Waals surface area contributed by atoms with Crippen molar-refractivity contribution in [1.29, 1.82) is 0 Å². The molecule has 3 aromatic carbocycles. The molecule has 38 heavy (non-hydrogen) atoms. The van der Waals surface area contributed by atoms with Gasteiger partial charge in [0.1, 0.15) is 11.4 Å². The highest BCUT2D eigenvalue weighted by Gasteiger charge is 2.44. The molecule has 5 rings (SSSR count). The number of halogens is 2. The summed E-state index contributed by atoms with van der Waals surface area (Å²) in [6.07, 6.45) is 0.880. The SMILES string of the molecule is CCOc1cc(C2c3c(oc4ccc(F)cc4c3=O)C(=O)N2c2cccc(Cl)c2)ccc1OCCC(C)C. The molecule has 1 atom stereocenters. The molecule has 1 aliphatic rings. The first-order valence-corrected chi connectivity index (χ1v) is 12.9. The lowest BCUT2D eigenvalue weighted by molar-refractivity contribution is 0.0971. The van der Waals surface area contributed by atoms with E-state index in [4.69, 9.17) is 25.5 Å². The number of carbonyl (C=O) groups excluding carboxylic acids is 1. The van der Waals surface area contributed by atoms with E-state index in [0.29, 0.717) is 46.9 Å². The second-order valence-electron chi connectivity index (χ2n) is 9.54. The molecule has 1 amide bonds. The first-order valence-electron chi connectivity index (χ1n) is 12.5. The molecular formula is C30H27ClFNO5. The van der Waals surface area contributed by atoms with Crippen molar-refractivity contribution in [3.63, 3.8) is 0 Å². The second-order valence-corrected chi connectivity index (χ2v) is 9.98. The van der Waals surface area contributed by atoms with Crippen LogP contribution in [0.4, 0.5) is 10.1 Å². The van der Waals surface area contributed by atoms with Gasteiger partial charge in [0.25, 0.3) is 5.91 Å². The average Bonchev–Trinajstić information content (AvgIpc) is 3.18. The summed E-state index contributed by atoms with van der Waals surface area (Å²) in [6.45, 7) is 7.03. The lowest BCUT2D eigenvalue weighted by atomic mass is 9.97. The Hall–Kier alpha value is -3.84. The zero-order chi connectivity index (χ0) is 27.0. The summed E-state index contributed by atoms with van der Waals surface area (Å²) in [5, 5.41) is 0.494. The van der Waals surface area contributed by atoms with Crippen LogP contribution in [0.15, 0.2) is 69.9 Å². The zero-order valence-corrected chi connectivity index (χ0v) is 22.0. The molecule has 6 nitrogen and oxygen atoms in total. The number of rotatable bonds is 8. The van der Waals surface area contributed by atoms with Crippen LogP contribution in [0.5, 0.6) is 11.5 Å². The lowest BCUT2D eigenvalue weighted by Crippen LogP contribution is -2.29. The summed E-state index contributed by atoms with van der Waals surface area (Å²) in [5.74, 6) is 0.398. The van der Waals surface area contributed by atoms with Crippen LogP contribution in [0.3, 0.4) is 0 Å². The van der Waals surface area contributed by atoms with E-state index in [9.17, 15) is 14.0 Å². The van der Waals surface area contributed by atoms with E-state index in [2.05, 4.69) is 13.8 Å². The predicted octanol–water partition coefficient (Wildman–Crippen LogP) is 7.16. The minimum atomic E-state index is -0.858. The highest BCUT2D eigenvalue weighted by molar-refractivity contribution is 6.31. The Kier molecular flexibility index (Phi) is 7.13. The molecule has 0 spiro atoms. The van der Waals surface area contributed by atoms with Gasteiger partial charge in [-0.2, -0.15) is 0 Å². The molecule has 1 aliphatic heterocycles. The van der Waals surface area contributed by atoms with Gasteiger partial charge in [0.15, 0.2) is 16.9 Å². The number of benzene rings is 3. The first-order chi connectivity index (χ1) is 18.3. The third-order valence-electron chi connectivity index (χ3n) is 6.45. The summed E-state index contributed by atoms with van der Waals surface area (Å²) in [4.78, 5) is 29.0. The van der Waals surface area contributed by atoms with E-state index >= 15 is 0 Å². The normalized spacial score (nSPS) is 14.8. The Bertz CT molecular complexity index is 1580. The Morgan fingerprint density at radius 2 is 1.84 bits per heavy atom. The van der Waals surface area contributed by atoms with Crippen molar-refractivity contribution >= 4 is 34.2 Å². The Balaban J connectivity index is 1.70. The van der Waals surface area contributed by atoms with Crippen molar-refractivity contribution in [3.05, 3.63) is 98.6 Å². The summed E-state index contributed by atoms with van der Waals surface area (Å²) >= 11 is 6.27. The minimum Gasteiger partial charge on any atom is -0.490 e. The van der Waals surface area contributed by atoms with Crippen molar-refractivity contribution in [2.45, 2.75) is 33.2 Å². The molecule has 2 heterocycles. The summed E-state index contributed by atoms with van der Waals surface area (Å²) in [6, 6.07) is 15.0. The second kappa shape index (κ2) is 10.5. The largest absolute Gasteiger partial charge is 0.490 e. The standard InChI is InChI=1S/C30H27ClFNO5/c1-4-36-25-14-18(8-10-24(25)37-13-12-17(2)3)27-26-28(34)22-16-20(32)9-11-23(22)38-29(26)30(35)33(27)21-7-5-6-19(31)15-21/h5-11,14-17,27H,4,12-13H2,1-3H3. The summed E-state index contributed by atoms with van der Waals surface area (Å²) in [7, 11) is 0. The third kappa shape index (κ3) is 4.74. The van der Waals surface area contributed by atoms with Crippen molar-refractivity contribution in [2.75, 3.05) is 18.1 Å². The molecular weight excluding hydrogens is 509 g/mol. The molecule has 0 bridgehead atoms. The quantitative estimate of drug-likeness (QED) is 0.239. The van der Waals surface area contributed by atoms with Crippen LogP contribution >= 0.6 is 11.6 Å². The zero-order valence-electron chi connectivity index (χ0n) is 21.3. The van der Waals surface area contributed by atoms with Crippen molar-refractivity contribution in [3.8, 4) is 11.5 Å². The van der Waals surface area contributed by atoms with Gasteiger partial charge >= 0.3 is 0 Å². The number of hydrogen-bond donors (Lipinski definition) is 0. The van der Waals surface area contributed by atoms with Crippen LogP contribution in [0.1, 0.15) is 54.9 Å². The van der Waals surface area contributed by atoms with Crippen LogP contribution in [-0.2, 0) is 0 Å². The molecule has 1 aromatic heterocycles. The Morgan fingerprint density at radius 1 is 1.03 bits per heavy atom. The number of amides is 1. The molecule has 1 unspecified atom stereocenters. The van der Waals surface area contributed by atoms with Crippen LogP contribution in [0, 0.1) is 11.7 Å². The van der Waals surface area contributed by atoms with Gasteiger partial charge in [-0.05, 0) is 73.4 Å². The first kappa shape index (κ1) is 25.8. The van der Waals surface area contributed by atoms with Gasteiger partial charge in [0, 0.05) is 10.7 Å². The van der Waals surface area contributed by atoms with Crippen molar-refractivity contribution in [2.24, 2.45) is 5.92 Å². The summed E-state index contributed by atoms with van der Waals surface area (Å²) < 4.78 is 31.9. The monoisotopic (exact) mass is 535 g/mol. The molecule has 0 aliphatic carbocycles. The fourth-order valence-electron chi connectivity index (χ4n) is 4.64. The molecule has 0 fully saturated rings. The maximum absolute atomic E-state index is 14.1. The number of carbonyl (C=O) groups is 1. The topological polar surface area (TPSA) is 69.0 Å². The van der Waals surface area contributed by atoms with Crippen LogP contribution in [0.2, 0.25) is 5.02 Å². The van der Waals surface area contributed by atoms with Crippen molar-refractivity contribution < 1.29 is 23.1 Å². The molecule has 0 N–H and O–H groups in total. The predicted molar refractivity (Wildman–Crippen MR) is 145 cm³/mol. The number of anilines is 1. The number of fused-ring (bicyclic) bond motifs is 2. The van der Waals surface area contributed by atoms with Gasteiger partial charge < -0.3 is 13.9 Å². The van der Waals surface area contributed by atoms with Crippen LogP contribution in [-0.4, -0.2) is 19.1 Å². The van der Waals surface area contributed by atoms with E-state index in [1.54, 1.807) is 42.5 Å². The molecule has 4 aromatic rings. The highest BCUT2D eigenvalue weighted by Crippen LogP contribution is 2.43. The Labute approximate surface area is 224 Å². The number of nitrogens with zero attached hydrogens (tertiary/aromatic N) is 1. The molecule has 196 valence electrons. The van der Waals surface area contributed by atoms with E-state index in [1.807, 2.05) is 6.92 Å². The fourth-order valence-corrected chi connectivity index (χ4v) is 4.82. The molecule has 0 saturated carbocycles. The number of hydrogen-bond acceptors (Lipinski definition) is 5. The highest BCUT2D eigenvalue weighted by atomic mass is 35.5. The molecule has 0 saturated heterocycles. The van der Waals surface area contributed by atoms with E-state index in [0.717, 1.165) is 12.5 Å². The maximum atomic E-state index is 14.1. The average molecular weight is 536 g/mol. The Morgan fingerprint density at radius 3 is 2.58 bits per heavy atom. The van der Waals surface area contributed by atoms with Gasteiger partial charge in [-0.1, -0.05) is 37.6 Å². The minimum absolute atomic E-state index is 0.0631. The fraction of sp³-hybridized carbons (Fsp3) is 0.267. The van der Waals surface area contributed by atoms with E-state index in [-0.39, 0.29) is 22.3 Å². The molecule has 8 heteroatoms. The van der Waals surface area contributed by atoms with Gasteiger partial charge in [0.05, 0.1) is 30.2 Å². The molecule has 0 radical (unpaired) electrons. The van der Waals surface area contributed by atoms with Crippen LogP contribution in [0.25, 0.3) is 11.0 Å². The third-order valence-corrected chi connectivity index (χ3v) is 6.69. The smallest absolute Gasteiger partial charge is 0.295 e. The van der Waals surface area contributed by atoms with E-state index < -0.39 is 23.2 Å². The lowest BCUT2D eigenvalue weighted by Gasteiger charge is -2.26. The van der Waals surface area contributed by atoms with Crippen LogP contribution < -0.4 is 19.8 Å². The maximum Gasteiger partial charge on any atom is 0.295 e. The van der Waals surface area contributed by atoms with Gasteiger partial charge in [-0.15, -0.1) is 0 Å². The van der Waals surface area contributed by atoms with Gasteiger partial charge in [-0.25, -0.2) is 4.39 Å². The number of ether oxygens (including phenoxy) is 2. The summed E-state index contributed by atoms with van der Waals surface area (Å²) in [5.41, 5.74) is 0.894. The van der Waals surface area contributed by atoms with E-state index in [1.165, 1.54) is 17.0 Å². The van der Waals surface area contributed by atoms with Gasteiger partial charge in [0.2, 0.25) is 5.76 Å². The van der Waals surface area contributed by atoms with Gasteiger partial charge in [-0.3, -0.25) is 14.5 Å².